The summed E-state index contributed by atoms with van der Waals surface area (Å²) in [5.41, 5.74) is 0.378. The van der Waals surface area contributed by atoms with Gasteiger partial charge in [0.15, 0.2) is 0 Å². The van der Waals surface area contributed by atoms with Gasteiger partial charge in [0.05, 0.1) is 11.2 Å². The van der Waals surface area contributed by atoms with Gasteiger partial charge in [0.1, 0.15) is 0 Å². The van der Waals surface area contributed by atoms with Crippen molar-refractivity contribution in [1.82, 2.24) is 9.62 Å². The van der Waals surface area contributed by atoms with Crippen LogP contribution in [-0.4, -0.2) is 43.5 Å². The van der Waals surface area contributed by atoms with Gasteiger partial charge in [-0.05, 0) is 38.2 Å². The second kappa shape index (κ2) is 7.46. The van der Waals surface area contributed by atoms with Crippen molar-refractivity contribution in [1.29, 1.82) is 0 Å². The predicted octanol–water partition coefficient (Wildman–Crippen LogP) is 2.43. The maximum absolute atomic E-state index is 13.2. The van der Waals surface area contributed by atoms with Crippen molar-refractivity contribution in [3.63, 3.8) is 0 Å². The lowest BCUT2D eigenvalue weighted by molar-refractivity contribution is -0.129. The topological polar surface area (TPSA) is 66.5 Å². The monoisotopic (exact) mass is 364 g/mol. The van der Waals surface area contributed by atoms with E-state index in [-0.39, 0.29) is 17.7 Å². The summed E-state index contributed by atoms with van der Waals surface area (Å²) in [7, 11) is -3.20. The van der Waals surface area contributed by atoms with Gasteiger partial charge >= 0.3 is 0 Å². The molecule has 138 valence electrons. The highest BCUT2D eigenvalue weighted by molar-refractivity contribution is 7.89. The Morgan fingerprint density at radius 3 is 2.32 bits per heavy atom. The number of piperidine rings is 1. The number of carbonyl (C=O) groups excluding carboxylic acids is 1. The summed E-state index contributed by atoms with van der Waals surface area (Å²) in [6.45, 7) is 2.48. The number of nitrogens with zero attached hydrogens (tertiary/aromatic N) is 1. The summed E-state index contributed by atoms with van der Waals surface area (Å²) >= 11 is 0. The number of rotatable bonds is 5. The molecule has 1 saturated carbocycles. The third-order valence-corrected chi connectivity index (χ3v) is 7.67. The number of amides is 1. The van der Waals surface area contributed by atoms with E-state index in [0.29, 0.717) is 25.9 Å². The molecule has 0 bridgehead atoms. The second-order valence-corrected chi connectivity index (χ2v) is 9.46. The molecule has 0 atom stereocenters. The molecule has 1 aromatic carbocycles. The first kappa shape index (κ1) is 18.4. The minimum Gasteiger partial charge on any atom is -0.353 e. The lowest BCUT2D eigenvalue weighted by Crippen LogP contribution is -2.54. The largest absolute Gasteiger partial charge is 0.353 e. The third kappa shape index (κ3) is 3.75. The molecule has 0 radical (unpaired) electrons. The summed E-state index contributed by atoms with van der Waals surface area (Å²) in [4.78, 5) is 13.2. The molecule has 1 saturated heterocycles. The Labute approximate surface area is 150 Å². The van der Waals surface area contributed by atoms with Crippen LogP contribution < -0.4 is 5.32 Å². The third-order valence-electron chi connectivity index (χ3n) is 5.79. The van der Waals surface area contributed by atoms with Crippen LogP contribution in [0.1, 0.15) is 51.0 Å². The van der Waals surface area contributed by atoms with Crippen LogP contribution in [0.5, 0.6) is 0 Å². The molecule has 2 aliphatic rings. The van der Waals surface area contributed by atoms with Crippen LogP contribution in [0.2, 0.25) is 0 Å². The van der Waals surface area contributed by atoms with Gasteiger partial charge in [-0.3, -0.25) is 4.79 Å². The number of nitrogens with one attached hydrogen (secondary N) is 1. The first-order valence-electron chi connectivity index (χ1n) is 9.32. The van der Waals surface area contributed by atoms with Gasteiger partial charge < -0.3 is 5.32 Å². The Hall–Kier alpha value is -1.40. The fraction of sp³-hybridized carbons (Fsp3) is 0.632. The van der Waals surface area contributed by atoms with Gasteiger partial charge in [-0.2, -0.15) is 0 Å². The Balaban J connectivity index is 1.83. The quantitative estimate of drug-likeness (QED) is 0.873. The predicted molar refractivity (Wildman–Crippen MR) is 98.8 cm³/mol. The van der Waals surface area contributed by atoms with E-state index in [0.717, 1.165) is 18.4 Å². The van der Waals surface area contributed by atoms with E-state index >= 15 is 0 Å². The van der Waals surface area contributed by atoms with E-state index in [4.69, 9.17) is 0 Å². The molecule has 25 heavy (non-hydrogen) atoms. The summed E-state index contributed by atoms with van der Waals surface area (Å²) in [5, 5.41) is 3.25. The summed E-state index contributed by atoms with van der Waals surface area (Å²) in [6.07, 6.45) is 5.51. The Morgan fingerprint density at radius 1 is 1.16 bits per heavy atom. The molecular weight excluding hydrogens is 336 g/mol. The lowest BCUT2D eigenvalue weighted by Gasteiger charge is -2.41. The maximum atomic E-state index is 13.2. The number of carbonyl (C=O) groups is 1. The van der Waals surface area contributed by atoms with Gasteiger partial charge in [0, 0.05) is 19.1 Å². The normalized spacial score (nSPS) is 22.0. The van der Waals surface area contributed by atoms with Crippen LogP contribution in [0.25, 0.3) is 0 Å². The summed E-state index contributed by atoms with van der Waals surface area (Å²) in [6, 6.07) is 10.1. The van der Waals surface area contributed by atoms with Crippen LogP contribution in [0.3, 0.4) is 0 Å². The maximum Gasteiger partial charge on any atom is 0.230 e. The average molecular weight is 365 g/mol. The van der Waals surface area contributed by atoms with Gasteiger partial charge in [0.2, 0.25) is 15.9 Å². The molecule has 2 fully saturated rings. The summed E-state index contributed by atoms with van der Waals surface area (Å²) < 4.78 is 25.9. The Morgan fingerprint density at radius 2 is 1.76 bits per heavy atom. The van der Waals surface area contributed by atoms with Crippen molar-refractivity contribution in [2.75, 3.05) is 18.8 Å². The van der Waals surface area contributed by atoms with Crippen LogP contribution in [0, 0.1) is 0 Å². The van der Waals surface area contributed by atoms with Crippen LogP contribution in [0.4, 0.5) is 0 Å². The average Bonchev–Trinajstić information content (AvgIpc) is 3.15. The SMILES string of the molecule is CCS(=O)(=O)N1CCC(C(=O)NC2CCCC2)(c2ccccc2)CC1. The van der Waals surface area contributed by atoms with Crippen molar-refractivity contribution in [2.45, 2.75) is 56.9 Å². The fourth-order valence-electron chi connectivity index (χ4n) is 4.13. The highest BCUT2D eigenvalue weighted by Crippen LogP contribution is 2.37. The van der Waals surface area contributed by atoms with Crippen LogP contribution in [-0.2, 0) is 20.2 Å². The standard InChI is InChI=1S/C19H28N2O3S/c1-2-25(23,24)21-14-12-19(13-15-21,16-8-4-3-5-9-16)18(22)20-17-10-6-7-11-17/h3-5,8-9,17H,2,6-7,10-15H2,1H3,(H,20,22). The van der Waals surface area contributed by atoms with Crippen molar-refractivity contribution >= 4 is 15.9 Å². The lowest BCUT2D eigenvalue weighted by atomic mass is 9.72. The van der Waals surface area contributed by atoms with Crippen molar-refractivity contribution in [3.05, 3.63) is 35.9 Å². The van der Waals surface area contributed by atoms with E-state index in [2.05, 4.69) is 5.32 Å². The molecule has 6 heteroatoms. The summed E-state index contributed by atoms with van der Waals surface area (Å²) in [5.74, 6) is 0.179. The number of benzene rings is 1. The smallest absolute Gasteiger partial charge is 0.230 e. The minimum atomic E-state index is -3.20. The molecule has 1 aliphatic carbocycles. The van der Waals surface area contributed by atoms with Crippen LogP contribution in [0.15, 0.2) is 30.3 Å². The van der Waals surface area contributed by atoms with Gasteiger partial charge in [-0.25, -0.2) is 12.7 Å². The molecule has 1 amide bonds. The molecule has 0 aromatic heterocycles. The highest BCUT2D eigenvalue weighted by Gasteiger charge is 2.45. The van der Waals surface area contributed by atoms with Crippen molar-refractivity contribution in [3.8, 4) is 0 Å². The van der Waals surface area contributed by atoms with Crippen LogP contribution >= 0.6 is 0 Å². The zero-order valence-corrected chi connectivity index (χ0v) is 15.7. The molecular formula is C19H28N2O3S. The zero-order chi connectivity index (χ0) is 17.9. The Bertz CT molecular complexity index is 689. The van der Waals surface area contributed by atoms with Gasteiger partial charge in [0.25, 0.3) is 0 Å². The molecule has 1 heterocycles. The van der Waals surface area contributed by atoms with E-state index in [1.807, 2.05) is 30.3 Å². The molecule has 1 aliphatic heterocycles. The number of hydrogen-bond acceptors (Lipinski definition) is 3. The van der Waals surface area contributed by atoms with Crippen molar-refractivity contribution in [2.24, 2.45) is 0 Å². The second-order valence-electron chi connectivity index (χ2n) is 7.20. The van der Waals surface area contributed by atoms with E-state index in [1.165, 1.54) is 17.1 Å². The molecule has 5 nitrogen and oxygen atoms in total. The molecule has 3 rings (SSSR count). The van der Waals surface area contributed by atoms with E-state index in [1.54, 1.807) is 6.92 Å². The van der Waals surface area contributed by atoms with E-state index < -0.39 is 15.4 Å². The zero-order valence-electron chi connectivity index (χ0n) is 14.9. The minimum absolute atomic E-state index is 0.0687. The fourth-order valence-corrected chi connectivity index (χ4v) is 5.23. The van der Waals surface area contributed by atoms with E-state index in [9.17, 15) is 13.2 Å². The Kier molecular flexibility index (Phi) is 5.49. The number of sulfonamides is 1. The molecule has 1 aromatic rings. The highest BCUT2D eigenvalue weighted by atomic mass is 32.2. The van der Waals surface area contributed by atoms with Gasteiger partial charge in [-0.15, -0.1) is 0 Å². The molecule has 0 spiro atoms. The molecule has 1 N–H and O–H groups in total. The molecule has 0 unspecified atom stereocenters. The first-order valence-corrected chi connectivity index (χ1v) is 10.9. The van der Waals surface area contributed by atoms with Gasteiger partial charge in [-0.1, -0.05) is 43.2 Å². The number of hydrogen-bond donors (Lipinski definition) is 1. The first-order chi connectivity index (χ1) is 12.0. The van der Waals surface area contributed by atoms with Crippen molar-refractivity contribution < 1.29 is 13.2 Å².